The van der Waals surface area contributed by atoms with Gasteiger partial charge in [-0.2, -0.15) is 4.98 Å². The van der Waals surface area contributed by atoms with Crippen molar-refractivity contribution in [3.05, 3.63) is 12.4 Å². The fraction of sp³-hybridized carbons (Fsp3) is 0.688. The molecule has 1 fully saturated rings. The molecule has 0 aromatic carbocycles. The molecule has 0 saturated heterocycles. The molecule has 7 nitrogen and oxygen atoms in total. The largest absolute Gasteiger partial charge is 0.480 e. The summed E-state index contributed by atoms with van der Waals surface area (Å²) in [5, 5.41) is 12.3. The number of ether oxygens (including phenoxy) is 1. The summed E-state index contributed by atoms with van der Waals surface area (Å²) in [5.74, 6) is 0.899. The molecule has 0 aliphatic heterocycles. The molecule has 1 aliphatic rings. The summed E-state index contributed by atoms with van der Waals surface area (Å²) >= 11 is 0. The van der Waals surface area contributed by atoms with Gasteiger partial charge in [0.05, 0.1) is 25.5 Å². The standard InChI is InChI=1S/C16H26N4O3/c1-4-20(9-16(21)22)13-5-12(6-13)18-14-7-17-8-15(19-14)23-10-11(2)3/h7-8,11-13H,4-6,9-10H2,1-3H3,(H,18,19)(H,21,22). The van der Waals surface area contributed by atoms with Crippen molar-refractivity contribution in [1.82, 2.24) is 14.9 Å². The number of aliphatic carboxylic acids is 1. The Morgan fingerprint density at radius 1 is 1.48 bits per heavy atom. The Labute approximate surface area is 137 Å². The van der Waals surface area contributed by atoms with E-state index in [2.05, 4.69) is 29.1 Å². The van der Waals surface area contributed by atoms with Crippen LogP contribution in [0.5, 0.6) is 5.88 Å². The molecule has 1 heterocycles. The third-order valence-electron chi connectivity index (χ3n) is 3.90. The van der Waals surface area contributed by atoms with Gasteiger partial charge in [0.25, 0.3) is 0 Å². The van der Waals surface area contributed by atoms with Gasteiger partial charge >= 0.3 is 5.97 Å². The quantitative estimate of drug-likeness (QED) is 0.717. The summed E-state index contributed by atoms with van der Waals surface area (Å²) in [6, 6.07) is 0.624. The first-order chi connectivity index (χ1) is 11.0. The molecule has 0 spiro atoms. The van der Waals surface area contributed by atoms with Crippen molar-refractivity contribution in [2.45, 2.75) is 45.7 Å². The van der Waals surface area contributed by atoms with Crippen molar-refractivity contribution >= 4 is 11.8 Å². The lowest BCUT2D eigenvalue weighted by atomic mass is 9.85. The fourth-order valence-corrected chi connectivity index (χ4v) is 2.62. The van der Waals surface area contributed by atoms with Gasteiger partial charge in [-0.05, 0) is 25.3 Å². The maximum Gasteiger partial charge on any atom is 0.317 e. The lowest BCUT2D eigenvalue weighted by Crippen LogP contribution is -2.51. The molecule has 1 saturated carbocycles. The van der Waals surface area contributed by atoms with Gasteiger partial charge < -0.3 is 15.2 Å². The number of aromatic nitrogens is 2. The summed E-state index contributed by atoms with van der Waals surface area (Å²) in [4.78, 5) is 21.4. The van der Waals surface area contributed by atoms with E-state index in [9.17, 15) is 4.79 Å². The van der Waals surface area contributed by atoms with E-state index >= 15 is 0 Å². The van der Waals surface area contributed by atoms with Crippen molar-refractivity contribution in [3.8, 4) is 5.88 Å². The van der Waals surface area contributed by atoms with E-state index in [0.29, 0.717) is 36.3 Å². The summed E-state index contributed by atoms with van der Waals surface area (Å²) < 4.78 is 5.57. The molecule has 1 aromatic heterocycles. The van der Waals surface area contributed by atoms with Crippen LogP contribution in [0.25, 0.3) is 0 Å². The molecule has 1 aromatic rings. The zero-order valence-corrected chi connectivity index (χ0v) is 14.0. The minimum absolute atomic E-state index is 0.103. The van der Waals surface area contributed by atoms with E-state index in [0.717, 1.165) is 19.4 Å². The third-order valence-corrected chi connectivity index (χ3v) is 3.90. The molecule has 2 rings (SSSR count). The van der Waals surface area contributed by atoms with E-state index in [1.54, 1.807) is 12.4 Å². The van der Waals surface area contributed by atoms with Crippen LogP contribution in [-0.2, 0) is 4.79 Å². The van der Waals surface area contributed by atoms with Gasteiger partial charge in [0.2, 0.25) is 5.88 Å². The summed E-state index contributed by atoms with van der Waals surface area (Å²) in [7, 11) is 0. The highest BCUT2D eigenvalue weighted by atomic mass is 16.5. The topological polar surface area (TPSA) is 87.6 Å². The maximum atomic E-state index is 10.8. The predicted octanol–water partition coefficient (Wildman–Crippen LogP) is 1.86. The van der Waals surface area contributed by atoms with Gasteiger partial charge in [-0.3, -0.25) is 14.7 Å². The molecule has 2 N–H and O–H groups in total. The van der Waals surface area contributed by atoms with Gasteiger partial charge in [-0.15, -0.1) is 0 Å². The first-order valence-corrected chi connectivity index (χ1v) is 8.15. The Kier molecular flexibility index (Phi) is 6.15. The molecule has 23 heavy (non-hydrogen) atoms. The van der Waals surface area contributed by atoms with E-state index in [4.69, 9.17) is 9.84 Å². The van der Waals surface area contributed by atoms with Crippen LogP contribution in [0.3, 0.4) is 0 Å². The number of nitrogens with zero attached hydrogens (tertiary/aromatic N) is 3. The second kappa shape index (κ2) is 8.10. The number of likely N-dealkylation sites (N-methyl/N-ethyl adjacent to an activating group) is 1. The Hall–Kier alpha value is -1.89. The summed E-state index contributed by atoms with van der Waals surface area (Å²) in [6.07, 6.45) is 5.13. The van der Waals surface area contributed by atoms with E-state index in [-0.39, 0.29) is 6.54 Å². The van der Waals surface area contributed by atoms with Crippen LogP contribution in [0, 0.1) is 5.92 Å². The van der Waals surface area contributed by atoms with Crippen LogP contribution in [0.15, 0.2) is 12.4 Å². The second-order valence-corrected chi connectivity index (χ2v) is 6.37. The van der Waals surface area contributed by atoms with Gasteiger partial charge in [0.15, 0.2) is 0 Å². The number of nitrogens with one attached hydrogen (secondary N) is 1. The van der Waals surface area contributed by atoms with E-state index in [1.807, 2.05) is 11.8 Å². The smallest absolute Gasteiger partial charge is 0.317 e. The number of rotatable bonds is 9. The average molecular weight is 322 g/mol. The zero-order valence-electron chi connectivity index (χ0n) is 14.0. The molecule has 7 heteroatoms. The maximum absolute atomic E-state index is 10.8. The summed E-state index contributed by atoms with van der Waals surface area (Å²) in [6.45, 7) is 7.63. The summed E-state index contributed by atoms with van der Waals surface area (Å²) in [5.41, 5.74) is 0. The van der Waals surface area contributed by atoms with Gasteiger partial charge in [0, 0.05) is 12.1 Å². The molecule has 1 aliphatic carbocycles. The number of carbonyl (C=O) groups is 1. The molecule has 0 atom stereocenters. The van der Waals surface area contributed by atoms with Crippen LogP contribution in [0.4, 0.5) is 5.82 Å². The van der Waals surface area contributed by atoms with Gasteiger partial charge in [-0.1, -0.05) is 20.8 Å². The van der Waals surface area contributed by atoms with Gasteiger partial charge in [-0.25, -0.2) is 0 Å². The normalized spacial score (nSPS) is 20.4. The van der Waals surface area contributed by atoms with Gasteiger partial charge in [0.1, 0.15) is 5.82 Å². The first-order valence-electron chi connectivity index (χ1n) is 8.15. The molecular formula is C16H26N4O3. The van der Waals surface area contributed by atoms with Crippen LogP contribution in [0.1, 0.15) is 33.6 Å². The number of hydrogen-bond acceptors (Lipinski definition) is 6. The Morgan fingerprint density at radius 3 is 2.83 bits per heavy atom. The molecule has 0 radical (unpaired) electrons. The van der Waals surface area contributed by atoms with E-state index < -0.39 is 5.97 Å². The minimum Gasteiger partial charge on any atom is -0.480 e. The highest BCUT2D eigenvalue weighted by Crippen LogP contribution is 2.28. The molecule has 0 bridgehead atoms. The molecule has 128 valence electrons. The van der Waals surface area contributed by atoms with E-state index in [1.165, 1.54) is 0 Å². The predicted molar refractivity (Wildman–Crippen MR) is 87.7 cm³/mol. The van der Waals surface area contributed by atoms with Crippen molar-refractivity contribution in [2.75, 3.05) is 25.0 Å². The Balaban J connectivity index is 1.81. The van der Waals surface area contributed by atoms with Crippen LogP contribution in [-0.4, -0.2) is 57.7 Å². The Morgan fingerprint density at radius 2 is 2.22 bits per heavy atom. The second-order valence-electron chi connectivity index (χ2n) is 6.37. The lowest BCUT2D eigenvalue weighted by Gasteiger charge is -2.42. The first kappa shape index (κ1) is 17.5. The van der Waals surface area contributed by atoms with Crippen LogP contribution < -0.4 is 10.1 Å². The number of carboxylic acid groups (broad SMARTS) is 1. The molecule has 0 unspecified atom stereocenters. The SMILES string of the molecule is CCN(CC(=O)O)C1CC(Nc2cncc(OCC(C)C)n2)C1. The third kappa shape index (κ3) is 5.35. The van der Waals surface area contributed by atoms with Crippen molar-refractivity contribution in [2.24, 2.45) is 5.92 Å². The minimum atomic E-state index is -0.774. The van der Waals surface area contributed by atoms with Crippen LogP contribution in [0.2, 0.25) is 0 Å². The fourth-order valence-electron chi connectivity index (χ4n) is 2.62. The number of hydrogen-bond donors (Lipinski definition) is 2. The van der Waals surface area contributed by atoms with Crippen molar-refractivity contribution in [3.63, 3.8) is 0 Å². The molecule has 0 amide bonds. The monoisotopic (exact) mass is 322 g/mol. The molecular weight excluding hydrogens is 296 g/mol. The Bertz CT molecular complexity index is 518. The number of anilines is 1. The zero-order chi connectivity index (χ0) is 16.8. The lowest BCUT2D eigenvalue weighted by molar-refractivity contribution is -0.139. The highest BCUT2D eigenvalue weighted by Gasteiger charge is 2.33. The van der Waals surface area contributed by atoms with Crippen LogP contribution >= 0.6 is 0 Å². The van der Waals surface area contributed by atoms with Crippen molar-refractivity contribution in [1.29, 1.82) is 0 Å². The van der Waals surface area contributed by atoms with Crippen molar-refractivity contribution < 1.29 is 14.6 Å². The highest BCUT2D eigenvalue weighted by molar-refractivity contribution is 5.69. The average Bonchev–Trinajstić information content (AvgIpc) is 2.46. The number of carboxylic acids is 1.